The molecular formula is C22H25N3O3S. The number of rotatable bonds is 7. The molecular weight excluding hydrogens is 386 g/mol. The van der Waals surface area contributed by atoms with Crippen LogP contribution in [-0.4, -0.2) is 39.9 Å². The molecule has 152 valence electrons. The summed E-state index contributed by atoms with van der Waals surface area (Å²) in [7, 11) is -3.30. The lowest BCUT2D eigenvalue weighted by atomic mass is 10.1. The van der Waals surface area contributed by atoms with Gasteiger partial charge in [-0.05, 0) is 56.5 Å². The monoisotopic (exact) mass is 411 g/mol. The van der Waals surface area contributed by atoms with E-state index in [-0.39, 0.29) is 18.4 Å². The highest BCUT2D eigenvalue weighted by Gasteiger charge is 2.33. The van der Waals surface area contributed by atoms with Crippen LogP contribution in [0.2, 0.25) is 0 Å². The zero-order chi connectivity index (χ0) is 20.6. The lowest BCUT2D eigenvalue weighted by Gasteiger charge is -2.22. The summed E-state index contributed by atoms with van der Waals surface area (Å²) in [6.45, 7) is 3.86. The third-order valence-corrected chi connectivity index (χ3v) is 7.53. The topological polar surface area (TPSA) is 71.8 Å². The normalized spacial score (nSPS) is 14.4. The number of amides is 1. The summed E-state index contributed by atoms with van der Waals surface area (Å²) in [6.07, 6.45) is 6.09. The zero-order valence-electron chi connectivity index (χ0n) is 16.7. The Balaban J connectivity index is 1.50. The molecule has 29 heavy (non-hydrogen) atoms. The smallest absolute Gasteiger partial charge is 0.227 e. The summed E-state index contributed by atoms with van der Waals surface area (Å²) in [5, 5.41) is -0.467. The molecule has 0 unspecified atom stereocenters. The highest BCUT2D eigenvalue weighted by Crippen LogP contribution is 2.29. The van der Waals surface area contributed by atoms with Crippen LogP contribution < -0.4 is 0 Å². The standard InChI is InChI=1S/C22H25N3O3S/c1-16(2)29(27,28)20-10-6-17(7-11-20)13-22(26)25(18-8-9-18)15-19-14-23-21-5-3-4-12-24(19)21/h3-7,10-12,14,16,18H,8-9,13,15H2,1-2H3. The van der Waals surface area contributed by atoms with E-state index in [0.29, 0.717) is 11.4 Å². The van der Waals surface area contributed by atoms with Crippen molar-refractivity contribution >= 4 is 21.4 Å². The third-order valence-electron chi connectivity index (χ3n) is 5.36. The SMILES string of the molecule is CC(C)S(=O)(=O)c1ccc(CC(=O)N(Cc2cnc3ccccn23)C2CC2)cc1. The Bertz CT molecular complexity index is 1130. The number of imidazole rings is 1. The number of carbonyl (C=O) groups excluding carboxylic acids is 1. The van der Waals surface area contributed by atoms with Crippen LogP contribution in [0, 0.1) is 0 Å². The maximum Gasteiger partial charge on any atom is 0.227 e. The Morgan fingerprint density at radius 2 is 1.90 bits per heavy atom. The minimum atomic E-state index is -3.30. The molecule has 1 fully saturated rings. The third kappa shape index (κ3) is 4.05. The van der Waals surface area contributed by atoms with E-state index in [1.54, 1.807) is 38.1 Å². The highest BCUT2D eigenvalue weighted by atomic mass is 32.2. The van der Waals surface area contributed by atoms with Crippen LogP contribution >= 0.6 is 0 Å². The van der Waals surface area contributed by atoms with Crippen molar-refractivity contribution in [1.82, 2.24) is 14.3 Å². The zero-order valence-corrected chi connectivity index (χ0v) is 17.5. The van der Waals surface area contributed by atoms with Gasteiger partial charge in [0.2, 0.25) is 5.91 Å². The van der Waals surface area contributed by atoms with Gasteiger partial charge in [-0.1, -0.05) is 18.2 Å². The average Bonchev–Trinajstić information content (AvgIpc) is 3.46. The van der Waals surface area contributed by atoms with E-state index in [1.165, 1.54) is 0 Å². The molecule has 1 amide bonds. The van der Waals surface area contributed by atoms with Gasteiger partial charge < -0.3 is 9.30 Å². The van der Waals surface area contributed by atoms with Crippen molar-refractivity contribution in [2.45, 2.75) is 55.8 Å². The van der Waals surface area contributed by atoms with Crippen molar-refractivity contribution in [2.24, 2.45) is 0 Å². The largest absolute Gasteiger partial charge is 0.334 e. The molecule has 0 atom stereocenters. The predicted molar refractivity (Wildman–Crippen MR) is 111 cm³/mol. The molecule has 0 spiro atoms. The van der Waals surface area contributed by atoms with Crippen molar-refractivity contribution in [3.05, 3.63) is 66.1 Å². The number of aromatic nitrogens is 2. The minimum Gasteiger partial charge on any atom is -0.334 e. The van der Waals surface area contributed by atoms with Gasteiger partial charge in [-0.25, -0.2) is 13.4 Å². The second-order valence-corrected chi connectivity index (χ2v) is 10.3. The lowest BCUT2D eigenvalue weighted by molar-refractivity contribution is -0.131. The average molecular weight is 412 g/mol. The molecule has 1 aliphatic carbocycles. The first-order chi connectivity index (χ1) is 13.9. The van der Waals surface area contributed by atoms with Crippen LogP contribution in [0.1, 0.15) is 37.9 Å². The van der Waals surface area contributed by atoms with Gasteiger partial charge in [-0.15, -0.1) is 0 Å². The Kier molecular flexibility index (Phi) is 5.17. The fourth-order valence-electron chi connectivity index (χ4n) is 3.43. The second-order valence-electron chi connectivity index (χ2n) is 7.85. The molecule has 1 saturated carbocycles. The number of hydrogen-bond donors (Lipinski definition) is 0. The number of carbonyl (C=O) groups is 1. The summed E-state index contributed by atoms with van der Waals surface area (Å²) >= 11 is 0. The van der Waals surface area contributed by atoms with Crippen LogP contribution in [0.25, 0.3) is 5.65 Å². The number of hydrogen-bond acceptors (Lipinski definition) is 4. The van der Waals surface area contributed by atoms with Gasteiger partial charge in [-0.3, -0.25) is 4.79 Å². The fraction of sp³-hybridized carbons (Fsp3) is 0.364. The summed E-state index contributed by atoms with van der Waals surface area (Å²) in [5.41, 5.74) is 2.67. The van der Waals surface area contributed by atoms with Gasteiger partial charge in [0.25, 0.3) is 0 Å². The van der Waals surface area contributed by atoms with Gasteiger partial charge in [0.15, 0.2) is 9.84 Å². The van der Waals surface area contributed by atoms with Crippen molar-refractivity contribution in [2.75, 3.05) is 0 Å². The predicted octanol–water partition coefficient (Wildman–Crippen LogP) is 3.25. The van der Waals surface area contributed by atoms with Crippen molar-refractivity contribution in [3.63, 3.8) is 0 Å². The first-order valence-electron chi connectivity index (χ1n) is 9.89. The van der Waals surface area contributed by atoms with E-state index in [0.717, 1.165) is 29.7 Å². The van der Waals surface area contributed by atoms with Gasteiger partial charge in [0, 0.05) is 12.2 Å². The van der Waals surface area contributed by atoms with Crippen molar-refractivity contribution in [3.8, 4) is 0 Å². The van der Waals surface area contributed by atoms with E-state index >= 15 is 0 Å². The molecule has 2 heterocycles. The molecule has 0 radical (unpaired) electrons. The number of fused-ring (bicyclic) bond motifs is 1. The molecule has 6 nitrogen and oxygen atoms in total. The van der Waals surface area contributed by atoms with Gasteiger partial charge in [0.1, 0.15) is 5.65 Å². The summed E-state index contributed by atoms with van der Waals surface area (Å²) in [5.74, 6) is 0.0536. The summed E-state index contributed by atoms with van der Waals surface area (Å²) in [6, 6.07) is 12.8. The van der Waals surface area contributed by atoms with E-state index in [1.807, 2.05) is 39.9 Å². The maximum atomic E-state index is 13.0. The lowest BCUT2D eigenvalue weighted by Crippen LogP contribution is -2.34. The minimum absolute atomic E-state index is 0.0536. The molecule has 4 rings (SSSR count). The van der Waals surface area contributed by atoms with Crippen LogP contribution in [-0.2, 0) is 27.6 Å². The van der Waals surface area contributed by atoms with Crippen LogP contribution in [0.5, 0.6) is 0 Å². The molecule has 0 bridgehead atoms. The first-order valence-corrected chi connectivity index (χ1v) is 11.4. The molecule has 0 N–H and O–H groups in total. The van der Waals surface area contributed by atoms with E-state index < -0.39 is 15.1 Å². The molecule has 2 aromatic heterocycles. The fourth-order valence-corrected chi connectivity index (χ4v) is 4.49. The van der Waals surface area contributed by atoms with E-state index in [4.69, 9.17) is 0 Å². The van der Waals surface area contributed by atoms with Gasteiger partial charge >= 0.3 is 0 Å². The van der Waals surface area contributed by atoms with Crippen molar-refractivity contribution in [1.29, 1.82) is 0 Å². The van der Waals surface area contributed by atoms with Crippen molar-refractivity contribution < 1.29 is 13.2 Å². The number of sulfone groups is 1. The number of benzene rings is 1. The van der Waals surface area contributed by atoms with Gasteiger partial charge in [-0.2, -0.15) is 0 Å². The van der Waals surface area contributed by atoms with Crippen LogP contribution in [0.4, 0.5) is 0 Å². The van der Waals surface area contributed by atoms with Gasteiger partial charge in [0.05, 0.1) is 35.0 Å². The number of nitrogens with zero attached hydrogens (tertiary/aromatic N) is 3. The quantitative estimate of drug-likeness (QED) is 0.598. The molecule has 0 saturated heterocycles. The number of pyridine rings is 1. The molecule has 0 aliphatic heterocycles. The summed E-state index contributed by atoms with van der Waals surface area (Å²) in [4.78, 5) is 19.7. The van der Waals surface area contributed by atoms with E-state index in [9.17, 15) is 13.2 Å². The molecule has 1 aromatic carbocycles. The summed E-state index contributed by atoms with van der Waals surface area (Å²) < 4.78 is 26.6. The first kappa shape index (κ1) is 19.6. The Morgan fingerprint density at radius 3 is 2.55 bits per heavy atom. The molecule has 3 aromatic rings. The Hall–Kier alpha value is -2.67. The molecule has 7 heteroatoms. The Labute approximate surface area is 171 Å². The van der Waals surface area contributed by atoms with E-state index in [2.05, 4.69) is 4.98 Å². The maximum absolute atomic E-state index is 13.0. The second kappa shape index (κ2) is 7.63. The van der Waals surface area contributed by atoms with Crippen LogP contribution in [0.15, 0.2) is 59.8 Å². The van der Waals surface area contributed by atoms with Crippen LogP contribution in [0.3, 0.4) is 0 Å². The Morgan fingerprint density at radius 1 is 1.17 bits per heavy atom. The highest BCUT2D eigenvalue weighted by molar-refractivity contribution is 7.92. The molecule has 1 aliphatic rings.